The highest BCUT2D eigenvalue weighted by atomic mass is 15.0. The summed E-state index contributed by atoms with van der Waals surface area (Å²) >= 11 is 0. The van der Waals surface area contributed by atoms with Crippen LogP contribution in [0.2, 0.25) is 0 Å². The van der Waals surface area contributed by atoms with Gasteiger partial charge in [0.1, 0.15) is 5.82 Å². The van der Waals surface area contributed by atoms with E-state index in [9.17, 15) is 0 Å². The zero-order valence-corrected chi connectivity index (χ0v) is 11.2. The van der Waals surface area contributed by atoms with Crippen molar-refractivity contribution in [2.75, 3.05) is 6.54 Å². The molecule has 1 atom stereocenters. The molecule has 0 aromatic carbocycles. The fourth-order valence-corrected chi connectivity index (χ4v) is 2.85. The lowest BCUT2D eigenvalue weighted by Gasteiger charge is -2.28. The number of nitrogens with one attached hydrogen (secondary N) is 1. The van der Waals surface area contributed by atoms with Gasteiger partial charge in [-0.1, -0.05) is 19.3 Å². The summed E-state index contributed by atoms with van der Waals surface area (Å²) in [6.07, 6.45) is 12.0. The molecule has 1 aromatic heterocycles. The Morgan fingerprint density at radius 1 is 1.41 bits per heavy atom. The van der Waals surface area contributed by atoms with Gasteiger partial charge in [-0.15, -0.1) is 0 Å². The van der Waals surface area contributed by atoms with Crippen LogP contribution in [0, 0.1) is 5.92 Å². The average molecular weight is 235 g/mol. The van der Waals surface area contributed by atoms with Crippen LogP contribution >= 0.6 is 0 Å². The first-order valence-corrected chi connectivity index (χ1v) is 6.97. The van der Waals surface area contributed by atoms with Crippen molar-refractivity contribution < 1.29 is 0 Å². The van der Waals surface area contributed by atoms with Gasteiger partial charge in [0.25, 0.3) is 0 Å². The molecule has 0 radical (unpaired) electrons. The molecule has 17 heavy (non-hydrogen) atoms. The summed E-state index contributed by atoms with van der Waals surface area (Å²) in [5, 5.41) is 3.66. The van der Waals surface area contributed by atoms with E-state index in [0.29, 0.717) is 6.04 Å². The van der Waals surface area contributed by atoms with Crippen LogP contribution in [-0.2, 0) is 13.5 Å². The van der Waals surface area contributed by atoms with Gasteiger partial charge in [-0.25, -0.2) is 4.98 Å². The lowest BCUT2D eigenvalue weighted by atomic mass is 9.84. The van der Waals surface area contributed by atoms with Crippen molar-refractivity contribution in [2.45, 2.75) is 51.5 Å². The molecule has 0 bridgehead atoms. The highest BCUT2D eigenvalue weighted by Gasteiger charge is 2.19. The van der Waals surface area contributed by atoms with Gasteiger partial charge in [-0.3, -0.25) is 0 Å². The molecular formula is C14H25N3. The molecule has 3 nitrogen and oxygen atoms in total. The maximum absolute atomic E-state index is 4.35. The normalized spacial score (nSPS) is 19.4. The summed E-state index contributed by atoms with van der Waals surface area (Å²) in [6.45, 7) is 3.39. The molecule has 1 saturated carbocycles. The molecule has 96 valence electrons. The number of aryl methyl sites for hydroxylation is 1. The first kappa shape index (κ1) is 12.6. The lowest BCUT2D eigenvalue weighted by molar-refractivity contribution is 0.282. The highest BCUT2D eigenvalue weighted by Crippen LogP contribution is 2.26. The number of aromatic nitrogens is 2. The van der Waals surface area contributed by atoms with Crippen LogP contribution in [0.3, 0.4) is 0 Å². The molecule has 0 spiro atoms. The molecule has 1 heterocycles. The summed E-state index contributed by atoms with van der Waals surface area (Å²) in [6, 6.07) is 0.663. The standard InChI is InChI=1S/C14H25N3/c1-12(13-6-4-3-5-7-13)15-9-8-14-16-10-11-17(14)2/h10-13,15H,3-9H2,1-2H3/t12-/m1/s1. The Balaban J connectivity index is 1.69. The van der Waals surface area contributed by atoms with E-state index in [1.807, 2.05) is 12.4 Å². The van der Waals surface area contributed by atoms with Crippen molar-refractivity contribution in [2.24, 2.45) is 13.0 Å². The predicted octanol–water partition coefficient (Wildman–Crippen LogP) is 2.52. The second-order valence-electron chi connectivity index (χ2n) is 5.35. The highest BCUT2D eigenvalue weighted by molar-refractivity contribution is 4.91. The molecule has 0 aliphatic heterocycles. The van der Waals surface area contributed by atoms with Crippen LogP contribution in [0.5, 0.6) is 0 Å². The Kier molecular flexibility index (Phi) is 4.60. The Hall–Kier alpha value is -0.830. The van der Waals surface area contributed by atoms with E-state index in [-0.39, 0.29) is 0 Å². The van der Waals surface area contributed by atoms with Gasteiger partial charge in [0.15, 0.2) is 0 Å². The van der Waals surface area contributed by atoms with E-state index in [0.717, 1.165) is 18.9 Å². The summed E-state index contributed by atoms with van der Waals surface area (Å²) in [7, 11) is 2.06. The number of rotatable bonds is 5. The first-order valence-electron chi connectivity index (χ1n) is 6.97. The third kappa shape index (κ3) is 3.56. The molecule has 3 heteroatoms. The summed E-state index contributed by atoms with van der Waals surface area (Å²) in [4.78, 5) is 4.35. The number of hydrogen-bond donors (Lipinski definition) is 1. The molecule has 1 fully saturated rings. The van der Waals surface area contributed by atoms with Crippen molar-refractivity contribution in [3.05, 3.63) is 18.2 Å². The molecule has 0 saturated heterocycles. The predicted molar refractivity (Wildman–Crippen MR) is 71.0 cm³/mol. The van der Waals surface area contributed by atoms with Gasteiger partial charge in [0.05, 0.1) is 0 Å². The third-order valence-electron chi connectivity index (χ3n) is 4.09. The molecule has 1 N–H and O–H groups in total. The second-order valence-corrected chi connectivity index (χ2v) is 5.35. The zero-order valence-electron chi connectivity index (χ0n) is 11.2. The van der Waals surface area contributed by atoms with Crippen molar-refractivity contribution >= 4 is 0 Å². The molecule has 2 rings (SSSR count). The van der Waals surface area contributed by atoms with Crippen molar-refractivity contribution in [3.63, 3.8) is 0 Å². The Labute approximate surface area is 105 Å². The van der Waals surface area contributed by atoms with Crippen LogP contribution in [0.15, 0.2) is 12.4 Å². The van der Waals surface area contributed by atoms with Crippen LogP contribution in [-0.4, -0.2) is 22.1 Å². The number of nitrogens with zero attached hydrogens (tertiary/aromatic N) is 2. The van der Waals surface area contributed by atoms with Gasteiger partial charge in [-0.2, -0.15) is 0 Å². The van der Waals surface area contributed by atoms with Crippen molar-refractivity contribution in [1.82, 2.24) is 14.9 Å². The first-order chi connectivity index (χ1) is 8.27. The molecular weight excluding hydrogens is 210 g/mol. The van der Waals surface area contributed by atoms with E-state index < -0.39 is 0 Å². The smallest absolute Gasteiger partial charge is 0.109 e. The third-order valence-corrected chi connectivity index (χ3v) is 4.09. The minimum absolute atomic E-state index is 0.663. The van der Waals surface area contributed by atoms with Gasteiger partial charge < -0.3 is 9.88 Å². The molecule has 1 aliphatic rings. The largest absolute Gasteiger partial charge is 0.338 e. The monoisotopic (exact) mass is 235 g/mol. The topological polar surface area (TPSA) is 29.9 Å². The molecule has 1 aliphatic carbocycles. The fraction of sp³-hybridized carbons (Fsp3) is 0.786. The Morgan fingerprint density at radius 3 is 2.82 bits per heavy atom. The van der Waals surface area contributed by atoms with Crippen molar-refractivity contribution in [1.29, 1.82) is 0 Å². The zero-order chi connectivity index (χ0) is 12.1. The number of imidazole rings is 1. The molecule has 1 aromatic rings. The molecule has 0 amide bonds. The maximum atomic E-state index is 4.35. The van der Waals surface area contributed by atoms with E-state index in [2.05, 4.69) is 28.8 Å². The van der Waals surface area contributed by atoms with E-state index in [4.69, 9.17) is 0 Å². The van der Waals surface area contributed by atoms with E-state index in [1.54, 1.807) is 0 Å². The van der Waals surface area contributed by atoms with Crippen LogP contribution in [0.4, 0.5) is 0 Å². The van der Waals surface area contributed by atoms with Gasteiger partial charge in [0, 0.05) is 38.4 Å². The van der Waals surface area contributed by atoms with Crippen LogP contribution in [0.25, 0.3) is 0 Å². The lowest BCUT2D eigenvalue weighted by Crippen LogP contribution is -2.36. The second kappa shape index (κ2) is 6.20. The van der Waals surface area contributed by atoms with Crippen LogP contribution in [0.1, 0.15) is 44.9 Å². The summed E-state index contributed by atoms with van der Waals surface area (Å²) < 4.78 is 2.10. The van der Waals surface area contributed by atoms with Crippen molar-refractivity contribution in [3.8, 4) is 0 Å². The minimum Gasteiger partial charge on any atom is -0.338 e. The van der Waals surface area contributed by atoms with Gasteiger partial charge >= 0.3 is 0 Å². The van der Waals surface area contributed by atoms with Gasteiger partial charge in [0.2, 0.25) is 0 Å². The van der Waals surface area contributed by atoms with E-state index in [1.165, 1.54) is 37.9 Å². The van der Waals surface area contributed by atoms with E-state index >= 15 is 0 Å². The quantitative estimate of drug-likeness (QED) is 0.850. The fourth-order valence-electron chi connectivity index (χ4n) is 2.85. The number of hydrogen-bond acceptors (Lipinski definition) is 2. The van der Waals surface area contributed by atoms with Gasteiger partial charge in [-0.05, 0) is 25.7 Å². The Bertz CT molecular complexity index is 326. The maximum Gasteiger partial charge on any atom is 0.109 e. The SMILES string of the molecule is C[C@@H](NCCc1nccn1C)C1CCCCC1. The summed E-state index contributed by atoms with van der Waals surface area (Å²) in [5.41, 5.74) is 0. The molecule has 0 unspecified atom stereocenters. The average Bonchev–Trinajstić information content (AvgIpc) is 2.76. The minimum atomic E-state index is 0.663. The Morgan fingerprint density at radius 2 is 2.18 bits per heavy atom. The summed E-state index contributed by atoms with van der Waals surface area (Å²) in [5.74, 6) is 2.07. The van der Waals surface area contributed by atoms with Crippen LogP contribution < -0.4 is 5.32 Å².